The summed E-state index contributed by atoms with van der Waals surface area (Å²) >= 11 is 1.29. The molecule has 4 rings (SSSR count). The number of nitrogens with one attached hydrogen (secondary N) is 2. The molecule has 8 heteroatoms. The minimum Gasteiger partial charge on any atom is -0.379 e. The summed E-state index contributed by atoms with van der Waals surface area (Å²) in [5, 5.41) is 4.90. The van der Waals surface area contributed by atoms with Crippen molar-refractivity contribution in [3.05, 3.63) is 63.0 Å². The predicted octanol–water partition coefficient (Wildman–Crippen LogP) is 1.75. The van der Waals surface area contributed by atoms with Crippen molar-refractivity contribution in [2.24, 2.45) is 0 Å². The van der Waals surface area contributed by atoms with E-state index in [4.69, 9.17) is 4.74 Å². The van der Waals surface area contributed by atoms with Gasteiger partial charge in [0.25, 0.3) is 11.5 Å². The van der Waals surface area contributed by atoms with Crippen LogP contribution in [0, 0.1) is 0 Å². The van der Waals surface area contributed by atoms with E-state index in [1.807, 2.05) is 12.1 Å². The molecule has 140 valence electrons. The van der Waals surface area contributed by atoms with Crippen LogP contribution in [0.2, 0.25) is 0 Å². The standard InChI is InChI=1S/C19H20N4O3S/c24-17(15-11-27-19-16(15)18(25)21-12-22-19)20-9-13-1-3-14(4-2-13)10-23-5-7-26-8-6-23/h1-4,11-12H,5-10H2,(H,20,24)(H,21,22,25). The quantitative estimate of drug-likeness (QED) is 0.700. The van der Waals surface area contributed by atoms with Gasteiger partial charge in [0.05, 0.1) is 30.5 Å². The Morgan fingerprint density at radius 1 is 1.22 bits per heavy atom. The van der Waals surface area contributed by atoms with Crippen LogP contribution in [0.25, 0.3) is 10.2 Å². The summed E-state index contributed by atoms with van der Waals surface area (Å²) in [5.74, 6) is -0.267. The number of thiophene rings is 1. The molecule has 2 aromatic heterocycles. The highest BCUT2D eigenvalue weighted by molar-refractivity contribution is 7.17. The molecule has 0 saturated carbocycles. The van der Waals surface area contributed by atoms with Crippen LogP contribution in [0.4, 0.5) is 0 Å². The molecule has 0 aliphatic carbocycles. The monoisotopic (exact) mass is 384 g/mol. The lowest BCUT2D eigenvalue weighted by atomic mass is 10.1. The van der Waals surface area contributed by atoms with E-state index in [1.54, 1.807) is 5.38 Å². The van der Waals surface area contributed by atoms with Gasteiger partial charge < -0.3 is 15.0 Å². The lowest BCUT2D eigenvalue weighted by molar-refractivity contribution is 0.0342. The molecule has 1 amide bonds. The first kappa shape index (κ1) is 17.8. The average Bonchev–Trinajstić information content (AvgIpc) is 3.14. The number of nitrogens with zero attached hydrogens (tertiary/aromatic N) is 2. The number of aromatic amines is 1. The molecule has 0 bridgehead atoms. The second-order valence-electron chi connectivity index (χ2n) is 6.45. The fourth-order valence-electron chi connectivity index (χ4n) is 3.11. The number of ether oxygens (including phenoxy) is 1. The number of fused-ring (bicyclic) bond motifs is 1. The van der Waals surface area contributed by atoms with E-state index in [0.717, 1.165) is 38.4 Å². The summed E-state index contributed by atoms with van der Waals surface area (Å²) in [7, 11) is 0. The number of hydrogen-bond donors (Lipinski definition) is 2. The maximum absolute atomic E-state index is 12.5. The molecule has 1 aliphatic rings. The molecular formula is C19H20N4O3S. The van der Waals surface area contributed by atoms with E-state index in [9.17, 15) is 9.59 Å². The minimum absolute atomic E-state index is 0.267. The molecule has 7 nitrogen and oxygen atoms in total. The second kappa shape index (κ2) is 7.99. The molecule has 1 aliphatic heterocycles. The van der Waals surface area contributed by atoms with Gasteiger partial charge in [-0.2, -0.15) is 0 Å². The number of hydrogen-bond acceptors (Lipinski definition) is 6. The van der Waals surface area contributed by atoms with E-state index in [-0.39, 0.29) is 11.5 Å². The molecule has 0 spiro atoms. The first-order valence-corrected chi connectivity index (χ1v) is 9.69. The van der Waals surface area contributed by atoms with Crippen LogP contribution in [0.3, 0.4) is 0 Å². The lowest BCUT2D eigenvalue weighted by Gasteiger charge is -2.26. The highest BCUT2D eigenvalue weighted by Crippen LogP contribution is 2.20. The number of carbonyl (C=O) groups excluding carboxylic acids is 1. The van der Waals surface area contributed by atoms with Crippen molar-refractivity contribution in [2.45, 2.75) is 13.1 Å². The van der Waals surface area contributed by atoms with Gasteiger partial charge in [-0.3, -0.25) is 14.5 Å². The number of rotatable bonds is 5. The van der Waals surface area contributed by atoms with Gasteiger partial charge in [0.2, 0.25) is 0 Å². The van der Waals surface area contributed by atoms with Crippen LogP contribution in [-0.4, -0.2) is 47.1 Å². The zero-order chi connectivity index (χ0) is 18.6. The summed E-state index contributed by atoms with van der Waals surface area (Å²) in [4.78, 5) is 34.0. The van der Waals surface area contributed by atoms with Crippen LogP contribution in [-0.2, 0) is 17.8 Å². The zero-order valence-corrected chi connectivity index (χ0v) is 15.6. The molecular weight excluding hydrogens is 364 g/mol. The fourth-order valence-corrected chi connectivity index (χ4v) is 4.00. The van der Waals surface area contributed by atoms with Gasteiger partial charge in [0.15, 0.2) is 0 Å². The third-order valence-corrected chi connectivity index (χ3v) is 5.49. The highest BCUT2D eigenvalue weighted by Gasteiger charge is 2.15. The third kappa shape index (κ3) is 4.08. The maximum Gasteiger partial charge on any atom is 0.260 e. The van der Waals surface area contributed by atoms with E-state index < -0.39 is 0 Å². The van der Waals surface area contributed by atoms with Crippen molar-refractivity contribution in [3.63, 3.8) is 0 Å². The topological polar surface area (TPSA) is 87.3 Å². The smallest absolute Gasteiger partial charge is 0.260 e. The number of amides is 1. The van der Waals surface area contributed by atoms with Crippen molar-refractivity contribution >= 4 is 27.5 Å². The SMILES string of the molecule is O=C(NCc1ccc(CN2CCOCC2)cc1)c1csc2nc[nH]c(=O)c12. The van der Waals surface area contributed by atoms with Crippen molar-refractivity contribution in [1.29, 1.82) is 0 Å². The van der Waals surface area contributed by atoms with Gasteiger partial charge in [-0.1, -0.05) is 24.3 Å². The molecule has 2 N–H and O–H groups in total. The molecule has 1 aromatic carbocycles. The molecule has 1 saturated heterocycles. The summed E-state index contributed by atoms with van der Waals surface area (Å²) in [6.07, 6.45) is 1.35. The fraction of sp³-hybridized carbons (Fsp3) is 0.316. The van der Waals surface area contributed by atoms with Crippen LogP contribution in [0.1, 0.15) is 21.5 Å². The van der Waals surface area contributed by atoms with E-state index >= 15 is 0 Å². The Labute approximate surface area is 160 Å². The first-order valence-electron chi connectivity index (χ1n) is 8.82. The van der Waals surface area contributed by atoms with Crippen LogP contribution >= 0.6 is 11.3 Å². The summed E-state index contributed by atoms with van der Waals surface area (Å²) in [6, 6.07) is 8.23. The molecule has 0 unspecified atom stereocenters. The predicted molar refractivity (Wildman–Crippen MR) is 104 cm³/mol. The summed E-state index contributed by atoms with van der Waals surface area (Å²) in [6.45, 7) is 4.82. The largest absolute Gasteiger partial charge is 0.379 e. The maximum atomic E-state index is 12.5. The molecule has 0 atom stereocenters. The van der Waals surface area contributed by atoms with E-state index in [1.165, 1.54) is 23.2 Å². The Bertz CT molecular complexity index is 990. The van der Waals surface area contributed by atoms with Gasteiger partial charge >= 0.3 is 0 Å². The molecule has 0 radical (unpaired) electrons. The Morgan fingerprint density at radius 2 is 1.96 bits per heavy atom. The third-order valence-electron chi connectivity index (χ3n) is 4.61. The van der Waals surface area contributed by atoms with Gasteiger partial charge in [-0.25, -0.2) is 4.98 Å². The summed E-state index contributed by atoms with van der Waals surface area (Å²) in [5.41, 5.74) is 2.33. The Balaban J connectivity index is 1.38. The van der Waals surface area contributed by atoms with Crippen molar-refractivity contribution < 1.29 is 9.53 Å². The van der Waals surface area contributed by atoms with Crippen molar-refractivity contribution in [1.82, 2.24) is 20.2 Å². The molecule has 1 fully saturated rings. The molecule has 3 aromatic rings. The van der Waals surface area contributed by atoms with Crippen LogP contribution in [0.5, 0.6) is 0 Å². The first-order chi connectivity index (χ1) is 13.2. The van der Waals surface area contributed by atoms with Crippen molar-refractivity contribution in [3.8, 4) is 0 Å². The van der Waals surface area contributed by atoms with Crippen LogP contribution < -0.4 is 10.9 Å². The van der Waals surface area contributed by atoms with Gasteiger partial charge in [0, 0.05) is 31.6 Å². The van der Waals surface area contributed by atoms with Gasteiger partial charge in [0.1, 0.15) is 4.83 Å². The molecule has 3 heterocycles. The minimum atomic E-state index is -0.293. The average molecular weight is 384 g/mol. The number of carbonyl (C=O) groups is 1. The van der Waals surface area contributed by atoms with Gasteiger partial charge in [-0.05, 0) is 11.1 Å². The highest BCUT2D eigenvalue weighted by atomic mass is 32.1. The second-order valence-corrected chi connectivity index (χ2v) is 7.31. The Kier molecular flexibility index (Phi) is 5.28. The number of benzene rings is 1. The zero-order valence-electron chi connectivity index (χ0n) is 14.7. The van der Waals surface area contributed by atoms with E-state index in [2.05, 4.69) is 32.3 Å². The Hall–Kier alpha value is -2.55. The molecule has 27 heavy (non-hydrogen) atoms. The normalized spacial score (nSPS) is 15.1. The Morgan fingerprint density at radius 3 is 2.74 bits per heavy atom. The number of aromatic nitrogens is 2. The van der Waals surface area contributed by atoms with Crippen molar-refractivity contribution in [2.75, 3.05) is 26.3 Å². The lowest BCUT2D eigenvalue weighted by Crippen LogP contribution is -2.35. The number of H-pyrrole nitrogens is 1. The van der Waals surface area contributed by atoms with Crippen LogP contribution in [0.15, 0.2) is 40.8 Å². The number of morpholine rings is 1. The summed E-state index contributed by atoms with van der Waals surface area (Å²) < 4.78 is 5.37. The van der Waals surface area contributed by atoms with Gasteiger partial charge in [-0.15, -0.1) is 11.3 Å². The van der Waals surface area contributed by atoms with E-state index in [0.29, 0.717) is 22.3 Å².